The van der Waals surface area contributed by atoms with Crippen LogP contribution in [0.2, 0.25) is 0 Å². The molecule has 0 bridgehead atoms. The third kappa shape index (κ3) is 2.54. The van der Waals surface area contributed by atoms with E-state index in [0.717, 1.165) is 16.5 Å². The molecular weight excluding hydrogens is 285 g/mol. The van der Waals surface area contributed by atoms with E-state index in [-0.39, 0.29) is 11.2 Å². The number of hydrogen-bond donors (Lipinski definition) is 1. The summed E-state index contributed by atoms with van der Waals surface area (Å²) in [5.41, 5.74) is 6.22. The minimum atomic E-state index is -0.188. The van der Waals surface area contributed by atoms with Crippen LogP contribution in [0.1, 0.15) is 18.9 Å². The van der Waals surface area contributed by atoms with E-state index in [9.17, 15) is 4.39 Å². The van der Waals surface area contributed by atoms with Crippen LogP contribution in [0.3, 0.4) is 0 Å². The van der Waals surface area contributed by atoms with Crippen molar-refractivity contribution in [2.45, 2.75) is 18.8 Å². The lowest BCUT2D eigenvalue weighted by Crippen LogP contribution is -2.49. The Morgan fingerprint density at radius 3 is 2.76 bits per heavy atom. The van der Waals surface area contributed by atoms with Crippen LogP contribution >= 0.6 is 15.9 Å². The van der Waals surface area contributed by atoms with Gasteiger partial charge in [-0.3, -0.25) is 0 Å². The van der Waals surface area contributed by atoms with Crippen molar-refractivity contribution in [2.75, 3.05) is 19.8 Å². The zero-order valence-corrected chi connectivity index (χ0v) is 11.5. The first kappa shape index (κ1) is 13.0. The third-order valence-electron chi connectivity index (χ3n) is 3.40. The van der Waals surface area contributed by atoms with Gasteiger partial charge in [-0.05, 0) is 42.6 Å². The van der Waals surface area contributed by atoms with Crippen LogP contribution in [0.4, 0.5) is 4.39 Å². The highest BCUT2D eigenvalue weighted by Gasteiger charge is 2.42. The highest BCUT2D eigenvalue weighted by molar-refractivity contribution is 9.10. The smallest absolute Gasteiger partial charge is 0.127 e. The van der Waals surface area contributed by atoms with Gasteiger partial charge < -0.3 is 10.5 Å². The van der Waals surface area contributed by atoms with Crippen LogP contribution in [-0.2, 0) is 10.2 Å². The number of halogens is 2. The Bertz CT molecular complexity index is 406. The molecule has 4 heteroatoms. The number of ether oxygens (including phenoxy) is 1. The molecule has 1 unspecified atom stereocenters. The molecule has 0 saturated carbocycles. The lowest BCUT2D eigenvalue weighted by molar-refractivity contribution is -0.0717. The second kappa shape index (κ2) is 5.04. The first-order valence-corrected chi connectivity index (χ1v) is 6.60. The van der Waals surface area contributed by atoms with Crippen molar-refractivity contribution in [3.8, 4) is 0 Å². The van der Waals surface area contributed by atoms with Crippen molar-refractivity contribution in [2.24, 2.45) is 11.7 Å². The summed E-state index contributed by atoms with van der Waals surface area (Å²) in [5, 5.41) is 0. The van der Waals surface area contributed by atoms with Gasteiger partial charge in [0, 0.05) is 9.89 Å². The average Bonchev–Trinajstić information content (AvgIpc) is 2.27. The fraction of sp³-hybridized carbons (Fsp3) is 0.538. The fourth-order valence-electron chi connectivity index (χ4n) is 2.39. The van der Waals surface area contributed by atoms with E-state index in [1.54, 1.807) is 6.07 Å². The average molecular weight is 302 g/mol. The van der Waals surface area contributed by atoms with Crippen molar-refractivity contribution in [3.05, 3.63) is 34.1 Å². The zero-order chi connectivity index (χ0) is 12.5. The molecule has 0 aliphatic carbocycles. The predicted octanol–water partition coefficient (Wildman–Crippen LogP) is 2.84. The van der Waals surface area contributed by atoms with Crippen molar-refractivity contribution < 1.29 is 9.13 Å². The van der Waals surface area contributed by atoms with Crippen LogP contribution in [0.5, 0.6) is 0 Å². The van der Waals surface area contributed by atoms with Gasteiger partial charge in [0.1, 0.15) is 5.82 Å². The molecule has 1 aromatic rings. The molecule has 2 N–H and O–H groups in total. The van der Waals surface area contributed by atoms with Crippen LogP contribution < -0.4 is 5.73 Å². The quantitative estimate of drug-likeness (QED) is 0.928. The Balaban J connectivity index is 2.31. The molecule has 1 heterocycles. The monoisotopic (exact) mass is 301 g/mol. The summed E-state index contributed by atoms with van der Waals surface area (Å²) in [6, 6.07) is 5.09. The van der Waals surface area contributed by atoms with Crippen molar-refractivity contribution in [1.29, 1.82) is 0 Å². The molecule has 94 valence electrons. The second-order valence-electron chi connectivity index (χ2n) is 4.94. The molecule has 0 spiro atoms. The number of benzene rings is 1. The van der Waals surface area contributed by atoms with E-state index in [4.69, 9.17) is 10.5 Å². The van der Waals surface area contributed by atoms with Crippen LogP contribution in [0.25, 0.3) is 0 Å². The third-order valence-corrected chi connectivity index (χ3v) is 3.89. The molecule has 2 nitrogen and oxygen atoms in total. The topological polar surface area (TPSA) is 35.2 Å². The molecule has 2 rings (SSSR count). The van der Waals surface area contributed by atoms with Gasteiger partial charge in [-0.15, -0.1) is 0 Å². The van der Waals surface area contributed by atoms with E-state index >= 15 is 0 Å². The van der Waals surface area contributed by atoms with Gasteiger partial charge in [-0.1, -0.05) is 22.9 Å². The molecule has 1 saturated heterocycles. The molecule has 1 aliphatic rings. The maximum absolute atomic E-state index is 13.9. The summed E-state index contributed by atoms with van der Waals surface area (Å²) < 4.78 is 20.1. The zero-order valence-electron chi connectivity index (χ0n) is 9.88. The second-order valence-corrected chi connectivity index (χ2v) is 5.86. The van der Waals surface area contributed by atoms with Gasteiger partial charge in [0.15, 0.2) is 0 Å². The minimum Gasteiger partial charge on any atom is -0.379 e. The molecular formula is C13H17BrFNO. The van der Waals surface area contributed by atoms with Gasteiger partial charge in [-0.25, -0.2) is 4.39 Å². The fourth-order valence-corrected chi connectivity index (χ4v) is 2.75. The summed E-state index contributed by atoms with van der Waals surface area (Å²) in [7, 11) is 0. The van der Waals surface area contributed by atoms with Crippen molar-refractivity contribution in [1.82, 2.24) is 0 Å². The highest BCUT2D eigenvalue weighted by atomic mass is 79.9. The summed E-state index contributed by atoms with van der Waals surface area (Å²) in [4.78, 5) is 0. The first-order valence-electron chi connectivity index (χ1n) is 5.81. The molecule has 1 atom stereocenters. The lowest BCUT2D eigenvalue weighted by atomic mass is 9.72. The summed E-state index contributed by atoms with van der Waals surface area (Å²) in [6.07, 6.45) is 0.872. The van der Waals surface area contributed by atoms with Crippen LogP contribution in [0, 0.1) is 11.7 Å². The van der Waals surface area contributed by atoms with Crippen LogP contribution in [-0.4, -0.2) is 19.8 Å². The molecule has 0 amide bonds. The number of hydrogen-bond acceptors (Lipinski definition) is 2. The summed E-state index contributed by atoms with van der Waals surface area (Å²) in [5.74, 6) is 0.220. The van der Waals surface area contributed by atoms with Crippen LogP contribution in [0.15, 0.2) is 22.7 Å². The molecule has 0 aromatic heterocycles. The molecule has 17 heavy (non-hydrogen) atoms. The van der Waals surface area contributed by atoms with Gasteiger partial charge in [0.2, 0.25) is 0 Å². The molecule has 1 aromatic carbocycles. The Morgan fingerprint density at radius 2 is 2.24 bits per heavy atom. The molecule has 1 fully saturated rings. The van der Waals surface area contributed by atoms with Crippen molar-refractivity contribution in [3.63, 3.8) is 0 Å². The predicted molar refractivity (Wildman–Crippen MR) is 69.4 cm³/mol. The highest BCUT2D eigenvalue weighted by Crippen LogP contribution is 2.40. The summed E-state index contributed by atoms with van der Waals surface area (Å²) >= 11 is 3.39. The normalized spacial score (nSPS) is 19.8. The lowest BCUT2D eigenvalue weighted by Gasteiger charge is -2.43. The van der Waals surface area contributed by atoms with E-state index in [1.807, 2.05) is 6.07 Å². The van der Waals surface area contributed by atoms with E-state index in [1.165, 1.54) is 6.07 Å². The van der Waals surface area contributed by atoms with Gasteiger partial charge in [0.05, 0.1) is 13.2 Å². The first-order chi connectivity index (χ1) is 8.07. The van der Waals surface area contributed by atoms with Gasteiger partial charge in [-0.2, -0.15) is 0 Å². The van der Waals surface area contributed by atoms with E-state index in [2.05, 4.69) is 22.9 Å². The van der Waals surface area contributed by atoms with Crippen molar-refractivity contribution >= 4 is 15.9 Å². The SMILES string of the molecule is CC(CN)CC1(c2cc(Br)ccc2F)COC1. The minimum absolute atomic E-state index is 0.152. The molecule has 0 radical (unpaired) electrons. The van der Waals surface area contributed by atoms with E-state index < -0.39 is 0 Å². The standard InChI is InChI=1S/C13H17BrFNO/c1-9(6-16)5-13(7-17-8-13)11-4-10(14)2-3-12(11)15/h2-4,9H,5-8,16H2,1H3. The maximum Gasteiger partial charge on any atom is 0.127 e. The van der Waals surface area contributed by atoms with Gasteiger partial charge >= 0.3 is 0 Å². The summed E-state index contributed by atoms with van der Waals surface area (Å²) in [6.45, 7) is 3.89. The Kier molecular flexibility index (Phi) is 3.85. The van der Waals surface area contributed by atoms with Gasteiger partial charge in [0.25, 0.3) is 0 Å². The maximum atomic E-state index is 13.9. The Hall–Kier alpha value is -0.450. The number of nitrogens with two attached hydrogens (primary N) is 1. The van der Waals surface area contributed by atoms with E-state index in [0.29, 0.717) is 25.7 Å². The largest absolute Gasteiger partial charge is 0.379 e. The Morgan fingerprint density at radius 1 is 1.53 bits per heavy atom. The Labute approximate surface area is 109 Å². The number of rotatable bonds is 4. The molecule has 1 aliphatic heterocycles.